The zero-order chi connectivity index (χ0) is 27.7. The predicted octanol–water partition coefficient (Wildman–Crippen LogP) is 4.44. The predicted molar refractivity (Wildman–Crippen MR) is 147 cm³/mol. The molecule has 2 aromatic rings. The molecule has 0 saturated carbocycles. The number of hydrogen-bond donors (Lipinski definition) is 0. The van der Waals surface area contributed by atoms with Crippen molar-refractivity contribution in [1.29, 1.82) is 0 Å². The normalized spacial score (nSPS) is 18.1. The fraction of sp³-hybridized carbons (Fsp3) is 0.483. The van der Waals surface area contributed by atoms with Crippen LogP contribution >= 0.6 is 0 Å². The van der Waals surface area contributed by atoms with Crippen LogP contribution in [0, 0.1) is 19.3 Å². The van der Waals surface area contributed by atoms with Crippen LogP contribution in [0.1, 0.15) is 42.9 Å². The quantitative estimate of drug-likeness (QED) is 0.481. The lowest BCUT2D eigenvalue weighted by Crippen LogP contribution is -2.44. The van der Waals surface area contributed by atoms with Crippen LogP contribution in [-0.4, -0.2) is 71.0 Å². The van der Waals surface area contributed by atoms with Gasteiger partial charge in [0.15, 0.2) is 11.5 Å². The molecule has 2 aliphatic heterocycles. The number of carbonyl (C=O) groups is 1. The second-order valence-corrected chi connectivity index (χ2v) is 12.3. The Hall–Kier alpha value is -3.04. The van der Waals surface area contributed by atoms with E-state index in [2.05, 4.69) is 0 Å². The van der Waals surface area contributed by atoms with Gasteiger partial charge in [0.25, 0.3) is 0 Å². The van der Waals surface area contributed by atoms with Gasteiger partial charge in [-0.05, 0) is 74.8 Å². The Kier molecular flexibility index (Phi) is 8.09. The summed E-state index contributed by atoms with van der Waals surface area (Å²) in [7, 11) is 1.16. The minimum atomic E-state index is -3.54. The van der Waals surface area contributed by atoms with Crippen molar-refractivity contribution in [1.82, 2.24) is 9.21 Å². The van der Waals surface area contributed by atoms with Gasteiger partial charge in [0, 0.05) is 43.4 Å². The van der Waals surface area contributed by atoms with Crippen LogP contribution in [0.2, 0.25) is 0 Å². The molecule has 0 aliphatic carbocycles. The number of rotatable bonds is 7. The first kappa shape index (κ1) is 28.0. The van der Waals surface area contributed by atoms with E-state index in [1.165, 1.54) is 0 Å². The topological polar surface area (TPSA) is 85.4 Å². The van der Waals surface area contributed by atoms with E-state index in [0.29, 0.717) is 53.9 Å². The molecule has 2 aliphatic rings. The molecule has 2 aromatic carbocycles. The number of methoxy groups -OCH3 is 3. The van der Waals surface area contributed by atoms with E-state index < -0.39 is 10.0 Å². The lowest BCUT2D eigenvalue weighted by Gasteiger charge is -2.38. The van der Waals surface area contributed by atoms with Gasteiger partial charge in [-0.2, -0.15) is 4.31 Å². The van der Waals surface area contributed by atoms with Crippen molar-refractivity contribution < 1.29 is 27.4 Å². The average molecular weight is 543 g/mol. The zero-order valence-corrected chi connectivity index (χ0v) is 24.0. The van der Waals surface area contributed by atoms with Crippen molar-refractivity contribution in [2.24, 2.45) is 5.41 Å². The third kappa shape index (κ3) is 5.40. The van der Waals surface area contributed by atoms with Crippen LogP contribution in [0.25, 0.3) is 6.08 Å². The molecule has 38 heavy (non-hydrogen) atoms. The molecule has 0 bridgehead atoms. The van der Waals surface area contributed by atoms with Gasteiger partial charge in [-0.1, -0.05) is 12.1 Å². The Labute approximate surface area is 226 Å². The molecule has 9 heteroatoms. The van der Waals surface area contributed by atoms with Crippen molar-refractivity contribution in [2.45, 2.75) is 44.9 Å². The Balaban J connectivity index is 1.45. The third-order valence-corrected chi connectivity index (χ3v) is 9.96. The maximum absolute atomic E-state index is 13.4. The van der Waals surface area contributed by atoms with Crippen LogP contribution in [0.5, 0.6) is 17.2 Å². The molecule has 1 amide bonds. The second kappa shape index (κ2) is 11.0. The molecule has 2 fully saturated rings. The molecule has 0 atom stereocenters. The lowest BCUT2D eigenvalue weighted by molar-refractivity contribution is -0.126. The van der Waals surface area contributed by atoms with E-state index in [1.54, 1.807) is 43.8 Å². The van der Waals surface area contributed by atoms with E-state index in [4.69, 9.17) is 14.2 Å². The summed E-state index contributed by atoms with van der Waals surface area (Å²) in [5, 5.41) is 0. The van der Waals surface area contributed by atoms with Gasteiger partial charge in [0.1, 0.15) is 5.75 Å². The van der Waals surface area contributed by atoms with Gasteiger partial charge >= 0.3 is 0 Å². The summed E-state index contributed by atoms with van der Waals surface area (Å²) in [6, 6.07) is 9.09. The Morgan fingerprint density at radius 2 is 1.50 bits per heavy atom. The molecule has 8 nitrogen and oxygen atoms in total. The standard InChI is InChI=1S/C29H38N2O6S/c1-20-7-8-21(2)27(15-20)38(33,34)31-13-10-29(11-14-31)9-12-30(19-29)28(32)22(3)16-23-17-25(36-5)26(37-6)18-24(23)35-4/h7-8,15-18H,9-14,19H2,1-6H3. The first-order valence-electron chi connectivity index (χ1n) is 12.9. The molecular formula is C29H38N2O6S. The molecule has 2 heterocycles. The summed E-state index contributed by atoms with van der Waals surface area (Å²) in [5.74, 6) is 1.68. The number of amides is 1. The Bertz CT molecular complexity index is 1340. The minimum Gasteiger partial charge on any atom is -0.496 e. The van der Waals surface area contributed by atoms with Crippen molar-refractivity contribution >= 4 is 22.0 Å². The van der Waals surface area contributed by atoms with Crippen molar-refractivity contribution in [3.05, 3.63) is 52.6 Å². The smallest absolute Gasteiger partial charge is 0.249 e. The number of carbonyl (C=O) groups excluding carboxylic acids is 1. The molecule has 0 radical (unpaired) electrons. The lowest BCUT2D eigenvalue weighted by atomic mass is 9.78. The molecule has 0 aromatic heterocycles. The van der Waals surface area contributed by atoms with Crippen molar-refractivity contribution in [3.8, 4) is 17.2 Å². The van der Waals surface area contributed by atoms with E-state index >= 15 is 0 Å². The van der Waals surface area contributed by atoms with E-state index in [1.807, 2.05) is 43.9 Å². The van der Waals surface area contributed by atoms with Crippen LogP contribution < -0.4 is 14.2 Å². The first-order valence-corrected chi connectivity index (χ1v) is 14.3. The van der Waals surface area contributed by atoms with Crippen LogP contribution in [0.4, 0.5) is 0 Å². The zero-order valence-electron chi connectivity index (χ0n) is 23.2. The van der Waals surface area contributed by atoms with Gasteiger partial charge in [-0.3, -0.25) is 4.79 Å². The van der Waals surface area contributed by atoms with Gasteiger partial charge in [-0.15, -0.1) is 0 Å². The first-order chi connectivity index (χ1) is 18.0. The van der Waals surface area contributed by atoms with Crippen molar-refractivity contribution in [3.63, 3.8) is 0 Å². The molecular weight excluding hydrogens is 504 g/mol. The SMILES string of the molecule is COc1cc(OC)c(OC)cc1C=C(C)C(=O)N1CCC2(CCN(S(=O)(=O)c3cc(C)ccc3C)CC2)C1. The summed E-state index contributed by atoms with van der Waals surface area (Å²) < 4.78 is 44.6. The highest BCUT2D eigenvalue weighted by Gasteiger charge is 2.44. The molecule has 2 saturated heterocycles. The largest absolute Gasteiger partial charge is 0.496 e. The highest BCUT2D eigenvalue weighted by Crippen LogP contribution is 2.42. The highest BCUT2D eigenvalue weighted by molar-refractivity contribution is 7.89. The molecule has 4 rings (SSSR count). The fourth-order valence-electron chi connectivity index (χ4n) is 5.55. The van der Waals surface area contributed by atoms with Crippen molar-refractivity contribution in [2.75, 3.05) is 47.5 Å². The van der Waals surface area contributed by atoms with Gasteiger partial charge in [0.05, 0.1) is 26.2 Å². The van der Waals surface area contributed by atoms with E-state index in [-0.39, 0.29) is 11.3 Å². The molecule has 0 N–H and O–H groups in total. The monoisotopic (exact) mass is 542 g/mol. The highest BCUT2D eigenvalue weighted by atomic mass is 32.2. The van der Waals surface area contributed by atoms with Crippen LogP contribution in [0.3, 0.4) is 0 Å². The molecule has 0 unspecified atom stereocenters. The van der Waals surface area contributed by atoms with E-state index in [0.717, 1.165) is 36.0 Å². The maximum atomic E-state index is 13.4. The number of likely N-dealkylation sites (tertiary alicyclic amines) is 1. The number of piperidine rings is 1. The number of sulfonamides is 1. The van der Waals surface area contributed by atoms with E-state index in [9.17, 15) is 13.2 Å². The van der Waals surface area contributed by atoms with Gasteiger partial charge < -0.3 is 19.1 Å². The number of nitrogens with zero attached hydrogens (tertiary/aromatic N) is 2. The summed E-state index contributed by atoms with van der Waals surface area (Å²) in [4.78, 5) is 15.7. The molecule has 206 valence electrons. The third-order valence-electron chi connectivity index (χ3n) is 7.92. The fourth-order valence-corrected chi connectivity index (χ4v) is 7.30. The molecule has 1 spiro atoms. The second-order valence-electron chi connectivity index (χ2n) is 10.4. The average Bonchev–Trinajstić information content (AvgIpc) is 3.32. The van der Waals surface area contributed by atoms with Gasteiger partial charge in [-0.25, -0.2) is 8.42 Å². The number of hydrogen-bond acceptors (Lipinski definition) is 6. The number of ether oxygens (including phenoxy) is 3. The summed E-state index contributed by atoms with van der Waals surface area (Å²) in [5.41, 5.74) is 2.98. The summed E-state index contributed by atoms with van der Waals surface area (Å²) in [6.07, 6.45) is 4.18. The number of aryl methyl sites for hydroxylation is 2. The summed E-state index contributed by atoms with van der Waals surface area (Å²) in [6.45, 7) is 7.79. The van der Waals surface area contributed by atoms with Crippen LogP contribution in [-0.2, 0) is 14.8 Å². The Morgan fingerprint density at radius 1 is 0.895 bits per heavy atom. The van der Waals surface area contributed by atoms with Crippen LogP contribution in [0.15, 0.2) is 40.8 Å². The minimum absolute atomic E-state index is 0.0239. The van der Waals surface area contributed by atoms with Gasteiger partial charge in [0.2, 0.25) is 15.9 Å². The number of benzene rings is 2. The Morgan fingerprint density at radius 3 is 2.13 bits per heavy atom. The maximum Gasteiger partial charge on any atom is 0.249 e. The summed E-state index contributed by atoms with van der Waals surface area (Å²) >= 11 is 0.